The van der Waals surface area contributed by atoms with Crippen LogP contribution >= 0.6 is 11.8 Å². The summed E-state index contributed by atoms with van der Waals surface area (Å²) in [4.78, 5) is 22.9. The highest BCUT2D eigenvalue weighted by Gasteiger charge is 2.22. The fourth-order valence-electron chi connectivity index (χ4n) is 1.48. The van der Waals surface area contributed by atoms with Gasteiger partial charge in [-0.15, -0.1) is 0 Å². The smallest absolute Gasteiger partial charge is 0.326 e. The average Bonchev–Trinajstić information content (AvgIpc) is 2.37. The summed E-state index contributed by atoms with van der Waals surface area (Å²) in [5, 5.41) is 19.8. The Morgan fingerprint density at radius 2 is 1.95 bits per heavy atom. The third-order valence-electron chi connectivity index (χ3n) is 2.37. The van der Waals surface area contributed by atoms with Crippen molar-refractivity contribution in [2.24, 2.45) is 0 Å². The molecule has 20 heavy (non-hydrogen) atoms. The van der Waals surface area contributed by atoms with E-state index >= 15 is 0 Å². The van der Waals surface area contributed by atoms with Crippen LogP contribution in [0.3, 0.4) is 0 Å². The molecule has 0 aliphatic rings. The van der Waals surface area contributed by atoms with E-state index in [1.54, 1.807) is 0 Å². The molecule has 0 unspecified atom stereocenters. The van der Waals surface area contributed by atoms with Crippen LogP contribution in [0.2, 0.25) is 0 Å². The molecule has 8 heteroatoms. The van der Waals surface area contributed by atoms with Crippen molar-refractivity contribution in [1.29, 1.82) is 0 Å². The van der Waals surface area contributed by atoms with Crippen LogP contribution in [0.1, 0.15) is 16.8 Å². The summed E-state index contributed by atoms with van der Waals surface area (Å²) >= 11 is 0.211. The first kappa shape index (κ1) is 16.4. The molecule has 0 bridgehead atoms. The molecule has 0 aliphatic heterocycles. The predicted molar refractivity (Wildman–Crippen MR) is 68.9 cm³/mol. The van der Waals surface area contributed by atoms with Gasteiger partial charge in [-0.05, 0) is 12.1 Å². The van der Waals surface area contributed by atoms with Crippen molar-refractivity contribution in [2.45, 2.75) is 23.1 Å². The average molecular weight is 305 g/mol. The van der Waals surface area contributed by atoms with Gasteiger partial charge in [-0.2, -0.15) is 8.78 Å². The third kappa shape index (κ3) is 4.78. The molecule has 0 fully saturated rings. The second kappa shape index (κ2) is 7.81. The van der Waals surface area contributed by atoms with Crippen LogP contribution in [0.4, 0.5) is 8.78 Å². The molecule has 0 saturated heterocycles. The number of carboxylic acids is 1. The second-order valence-corrected chi connectivity index (χ2v) is 4.78. The van der Waals surface area contributed by atoms with E-state index < -0.39 is 30.3 Å². The van der Waals surface area contributed by atoms with E-state index in [2.05, 4.69) is 5.32 Å². The topological polar surface area (TPSA) is 86.6 Å². The lowest BCUT2D eigenvalue weighted by Gasteiger charge is -2.14. The van der Waals surface area contributed by atoms with E-state index in [0.717, 1.165) is 0 Å². The molecule has 1 rings (SSSR count). The van der Waals surface area contributed by atoms with Crippen molar-refractivity contribution in [3.8, 4) is 0 Å². The Labute approximate surface area is 118 Å². The SMILES string of the molecule is O=C(N[C@@H](CCO)C(=O)O)c1ccccc1SC(F)F. The Morgan fingerprint density at radius 1 is 1.30 bits per heavy atom. The molecule has 1 aromatic rings. The normalized spacial score (nSPS) is 12.2. The first-order valence-electron chi connectivity index (χ1n) is 5.64. The number of alkyl halides is 2. The van der Waals surface area contributed by atoms with Crippen LogP contribution in [0.5, 0.6) is 0 Å². The maximum absolute atomic E-state index is 12.4. The van der Waals surface area contributed by atoms with Gasteiger partial charge in [-0.1, -0.05) is 23.9 Å². The van der Waals surface area contributed by atoms with Gasteiger partial charge in [0.05, 0.1) is 5.56 Å². The van der Waals surface area contributed by atoms with Crippen molar-refractivity contribution in [1.82, 2.24) is 5.32 Å². The zero-order valence-corrected chi connectivity index (χ0v) is 11.1. The van der Waals surface area contributed by atoms with Crippen LogP contribution in [0, 0.1) is 0 Å². The molecule has 0 aromatic heterocycles. The fourth-order valence-corrected chi connectivity index (χ4v) is 2.11. The number of halogens is 2. The number of aliphatic hydroxyl groups is 1. The molecule has 0 saturated carbocycles. The molecule has 0 aliphatic carbocycles. The summed E-state index contributed by atoms with van der Waals surface area (Å²) in [6.07, 6.45) is -0.161. The Bertz CT molecular complexity index is 484. The number of hydrogen-bond donors (Lipinski definition) is 3. The largest absolute Gasteiger partial charge is 0.480 e. The quantitative estimate of drug-likeness (QED) is 0.666. The minimum Gasteiger partial charge on any atom is -0.480 e. The molecule has 3 N–H and O–H groups in total. The number of carbonyl (C=O) groups is 2. The van der Waals surface area contributed by atoms with Gasteiger partial charge in [-0.3, -0.25) is 4.79 Å². The van der Waals surface area contributed by atoms with Gasteiger partial charge < -0.3 is 15.5 Å². The van der Waals surface area contributed by atoms with Gasteiger partial charge in [0.15, 0.2) is 0 Å². The first-order valence-corrected chi connectivity index (χ1v) is 6.52. The van der Waals surface area contributed by atoms with Gasteiger partial charge in [0.1, 0.15) is 6.04 Å². The number of nitrogens with one attached hydrogen (secondary N) is 1. The summed E-state index contributed by atoms with van der Waals surface area (Å²) in [6.45, 7) is -0.412. The number of aliphatic hydroxyl groups excluding tert-OH is 1. The lowest BCUT2D eigenvalue weighted by molar-refractivity contribution is -0.139. The Hall–Kier alpha value is -1.67. The van der Waals surface area contributed by atoms with Crippen LogP contribution < -0.4 is 5.32 Å². The summed E-state index contributed by atoms with van der Waals surface area (Å²) in [5.41, 5.74) is -0.0259. The maximum atomic E-state index is 12.4. The molecule has 1 amide bonds. The summed E-state index contributed by atoms with van der Waals surface area (Å²) < 4.78 is 24.8. The zero-order chi connectivity index (χ0) is 15.1. The number of aliphatic carboxylic acids is 1. The minimum atomic E-state index is -2.68. The fraction of sp³-hybridized carbons (Fsp3) is 0.333. The molecule has 110 valence electrons. The molecule has 5 nitrogen and oxygen atoms in total. The van der Waals surface area contributed by atoms with Gasteiger partial charge in [-0.25, -0.2) is 4.79 Å². The van der Waals surface area contributed by atoms with Crippen LogP contribution in [0.25, 0.3) is 0 Å². The minimum absolute atomic E-state index is 0.0259. The highest BCUT2D eigenvalue weighted by atomic mass is 32.2. The molecule has 0 spiro atoms. The second-order valence-electron chi connectivity index (χ2n) is 3.75. The van der Waals surface area contributed by atoms with Gasteiger partial charge in [0.2, 0.25) is 0 Å². The van der Waals surface area contributed by atoms with E-state index in [1.807, 2.05) is 0 Å². The van der Waals surface area contributed by atoms with Crippen molar-refractivity contribution >= 4 is 23.6 Å². The van der Waals surface area contributed by atoms with Crippen LogP contribution in [-0.2, 0) is 4.79 Å². The predicted octanol–water partition coefficient (Wildman–Crippen LogP) is 1.57. The first-order chi connectivity index (χ1) is 9.45. The summed E-state index contributed by atoms with van der Waals surface area (Å²) in [7, 11) is 0. The monoisotopic (exact) mass is 305 g/mol. The molecule has 0 radical (unpaired) electrons. The molecular formula is C12H13F2NO4S. The van der Waals surface area contributed by atoms with Crippen molar-refractivity contribution in [3.63, 3.8) is 0 Å². The number of hydrogen-bond acceptors (Lipinski definition) is 4. The number of amides is 1. The van der Waals surface area contributed by atoms with Crippen LogP contribution in [0.15, 0.2) is 29.2 Å². The maximum Gasteiger partial charge on any atom is 0.326 e. The number of rotatable bonds is 7. The zero-order valence-electron chi connectivity index (χ0n) is 10.3. The number of carbonyl (C=O) groups excluding carboxylic acids is 1. The highest BCUT2D eigenvalue weighted by molar-refractivity contribution is 7.99. The van der Waals surface area contributed by atoms with Gasteiger partial charge in [0, 0.05) is 17.9 Å². The highest BCUT2D eigenvalue weighted by Crippen LogP contribution is 2.28. The third-order valence-corrected chi connectivity index (χ3v) is 3.16. The van der Waals surface area contributed by atoms with Crippen molar-refractivity contribution < 1.29 is 28.6 Å². The standard InChI is InChI=1S/C12H13F2NO4S/c13-12(14)20-9-4-2-1-3-7(9)10(17)15-8(5-6-16)11(18)19/h1-4,8,12,16H,5-6H2,(H,15,17)(H,18,19)/t8-/m0/s1. The molecule has 1 atom stereocenters. The van der Waals surface area contributed by atoms with Gasteiger partial charge >= 0.3 is 5.97 Å². The molecular weight excluding hydrogens is 292 g/mol. The Morgan fingerprint density at radius 3 is 2.50 bits per heavy atom. The Balaban J connectivity index is 2.88. The number of carboxylic acid groups (broad SMARTS) is 1. The van der Waals surface area contributed by atoms with E-state index in [1.165, 1.54) is 24.3 Å². The van der Waals surface area contributed by atoms with E-state index in [9.17, 15) is 18.4 Å². The number of thioether (sulfide) groups is 1. The summed E-state index contributed by atoms with van der Waals surface area (Å²) in [6, 6.07) is 4.42. The summed E-state index contributed by atoms with van der Waals surface area (Å²) in [5.74, 6) is -4.75. The van der Waals surface area contributed by atoms with E-state index in [4.69, 9.17) is 10.2 Å². The lowest BCUT2D eigenvalue weighted by atomic mass is 10.1. The Kier molecular flexibility index (Phi) is 6.40. The number of benzene rings is 1. The van der Waals surface area contributed by atoms with Gasteiger partial charge in [0.25, 0.3) is 11.7 Å². The van der Waals surface area contributed by atoms with E-state index in [0.29, 0.717) is 0 Å². The molecule has 0 heterocycles. The lowest BCUT2D eigenvalue weighted by Crippen LogP contribution is -2.41. The van der Waals surface area contributed by atoms with E-state index in [-0.39, 0.29) is 28.6 Å². The van der Waals surface area contributed by atoms with Crippen molar-refractivity contribution in [3.05, 3.63) is 29.8 Å². The van der Waals surface area contributed by atoms with Crippen molar-refractivity contribution in [2.75, 3.05) is 6.61 Å². The van der Waals surface area contributed by atoms with Crippen LogP contribution in [-0.4, -0.2) is 40.5 Å². The molecule has 1 aromatic carbocycles.